The van der Waals surface area contributed by atoms with Gasteiger partial charge in [-0.05, 0) is 43.5 Å². The molecule has 0 unspecified atom stereocenters. The zero-order valence-corrected chi connectivity index (χ0v) is 17.7. The normalized spacial score (nSPS) is 11.6. The molecule has 3 aromatic carbocycles. The summed E-state index contributed by atoms with van der Waals surface area (Å²) in [5.74, 6) is -0.132. The van der Waals surface area contributed by atoms with Gasteiger partial charge in [0, 0.05) is 24.0 Å². The zero-order valence-electron chi connectivity index (χ0n) is 16.8. The molecule has 0 spiro atoms. The number of anilines is 1. The maximum absolute atomic E-state index is 13.2. The summed E-state index contributed by atoms with van der Waals surface area (Å²) in [7, 11) is -0.757. The smallest absolute Gasteiger partial charge is 0.258 e. The van der Waals surface area contributed by atoms with Gasteiger partial charge >= 0.3 is 0 Å². The highest BCUT2D eigenvalue weighted by atomic mass is 32.2. The van der Waals surface area contributed by atoms with Crippen LogP contribution in [-0.2, 0) is 10.0 Å². The summed E-state index contributed by atoms with van der Waals surface area (Å²) in [6.07, 6.45) is 0. The molecular formula is C22H24N2O4S. The van der Waals surface area contributed by atoms with E-state index in [0.29, 0.717) is 0 Å². The van der Waals surface area contributed by atoms with E-state index in [2.05, 4.69) is 4.72 Å². The van der Waals surface area contributed by atoms with Crippen LogP contribution in [0.25, 0.3) is 10.8 Å². The molecule has 6 nitrogen and oxygen atoms in total. The number of nitrogens with zero attached hydrogens (tertiary/aromatic N) is 1. The van der Waals surface area contributed by atoms with Crippen LogP contribution in [0.15, 0.2) is 65.6 Å². The molecule has 0 atom stereocenters. The summed E-state index contributed by atoms with van der Waals surface area (Å²) in [6, 6.07) is 17.6. The molecule has 1 N–H and O–H groups in total. The summed E-state index contributed by atoms with van der Waals surface area (Å²) in [5.41, 5.74) is 0.999. The first-order valence-corrected chi connectivity index (χ1v) is 10.7. The van der Waals surface area contributed by atoms with Crippen molar-refractivity contribution in [1.82, 2.24) is 4.72 Å². The lowest BCUT2D eigenvalue weighted by atomic mass is 10.1. The Bertz CT molecular complexity index is 1150. The second kappa shape index (κ2) is 8.23. The molecular weight excluding hydrogens is 388 g/mol. The molecule has 152 valence electrons. The van der Waals surface area contributed by atoms with E-state index in [0.717, 1.165) is 16.5 Å². The summed E-state index contributed by atoms with van der Waals surface area (Å²) in [4.78, 5) is 14.6. The van der Waals surface area contributed by atoms with E-state index in [4.69, 9.17) is 4.74 Å². The van der Waals surface area contributed by atoms with Crippen LogP contribution < -0.4 is 14.4 Å². The molecule has 0 aromatic heterocycles. The minimum absolute atomic E-state index is 0.0640. The van der Waals surface area contributed by atoms with Gasteiger partial charge in [-0.25, -0.2) is 13.1 Å². The second-order valence-electron chi connectivity index (χ2n) is 7.00. The molecule has 0 saturated heterocycles. The van der Waals surface area contributed by atoms with Gasteiger partial charge in [0.25, 0.3) is 5.91 Å². The maximum atomic E-state index is 13.2. The van der Waals surface area contributed by atoms with Crippen LogP contribution in [0, 0.1) is 0 Å². The number of benzene rings is 3. The van der Waals surface area contributed by atoms with Crippen LogP contribution in [0.3, 0.4) is 0 Å². The highest BCUT2D eigenvalue weighted by molar-refractivity contribution is 7.89. The number of sulfonamides is 1. The highest BCUT2D eigenvalue weighted by Gasteiger charge is 2.24. The van der Waals surface area contributed by atoms with E-state index >= 15 is 0 Å². The van der Waals surface area contributed by atoms with Crippen molar-refractivity contribution in [3.63, 3.8) is 0 Å². The largest absolute Gasteiger partial charge is 0.495 e. The van der Waals surface area contributed by atoms with Crippen molar-refractivity contribution >= 4 is 32.4 Å². The van der Waals surface area contributed by atoms with Crippen molar-refractivity contribution in [3.8, 4) is 5.75 Å². The molecule has 29 heavy (non-hydrogen) atoms. The minimum Gasteiger partial charge on any atom is -0.495 e. The Hall–Kier alpha value is -2.90. The number of rotatable bonds is 6. The predicted octanol–water partition coefficient (Wildman–Crippen LogP) is 3.81. The van der Waals surface area contributed by atoms with Crippen LogP contribution in [0.2, 0.25) is 0 Å². The van der Waals surface area contributed by atoms with Gasteiger partial charge in [-0.2, -0.15) is 0 Å². The lowest BCUT2D eigenvalue weighted by molar-refractivity contribution is 0.0993. The van der Waals surface area contributed by atoms with Gasteiger partial charge in [0.15, 0.2) is 0 Å². The van der Waals surface area contributed by atoms with E-state index in [9.17, 15) is 13.2 Å². The second-order valence-corrected chi connectivity index (χ2v) is 8.69. The molecule has 0 fully saturated rings. The number of methoxy groups -OCH3 is 1. The quantitative estimate of drug-likeness (QED) is 0.668. The number of carbonyl (C=O) groups excluding carboxylic acids is 1. The topological polar surface area (TPSA) is 75.7 Å². The molecule has 0 bridgehead atoms. The molecule has 3 rings (SSSR count). The van der Waals surface area contributed by atoms with Crippen molar-refractivity contribution in [2.75, 3.05) is 19.1 Å². The van der Waals surface area contributed by atoms with Gasteiger partial charge in [-0.3, -0.25) is 4.79 Å². The SMILES string of the molecule is COc1ccc(C(=O)N(C)c2cccc3ccccc23)cc1S(=O)(=O)NC(C)C. The fourth-order valence-electron chi connectivity index (χ4n) is 3.20. The lowest BCUT2D eigenvalue weighted by Crippen LogP contribution is -2.31. The average molecular weight is 413 g/mol. The van der Waals surface area contributed by atoms with Crippen molar-refractivity contribution < 1.29 is 17.9 Å². The Morgan fingerprint density at radius 3 is 2.41 bits per heavy atom. The van der Waals surface area contributed by atoms with Crippen LogP contribution in [0.1, 0.15) is 24.2 Å². The fourth-order valence-corrected chi connectivity index (χ4v) is 4.64. The Morgan fingerprint density at radius 2 is 1.72 bits per heavy atom. The number of fused-ring (bicyclic) bond motifs is 1. The molecule has 0 aliphatic rings. The predicted molar refractivity (Wildman–Crippen MR) is 115 cm³/mol. The van der Waals surface area contributed by atoms with E-state index in [1.807, 2.05) is 42.5 Å². The fraction of sp³-hybridized carbons (Fsp3) is 0.227. The van der Waals surface area contributed by atoms with Gasteiger partial charge in [-0.1, -0.05) is 36.4 Å². The number of amides is 1. The maximum Gasteiger partial charge on any atom is 0.258 e. The average Bonchev–Trinajstić information content (AvgIpc) is 2.71. The Labute approximate surface area is 171 Å². The van der Waals surface area contributed by atoms with E-state index in [1.54, 1.807) is 27.0 Å². The van der Waals surface area contributed by atoms with E-state index < -0.39 is 10.0 Å². The number of hydrogen-bond donors (Lipinski definition) is 1. The van der Waals surface area contributed by atoms with Crippen LogP contribution in [-0.4, -0.2) is 34.5 Å². The number of hydrogen-bond acceptors (Lipinski definition) is 4. The Kier molecular flexibility index (Phi) is 5.91. The molecule has 3 aromatic rings. The summed E-state index contributed by atoms with van der Waals surface area (Å²) in [5, 5.41) is 1.96. The summed E-state index contributed by atoms with van der Waals surface area (Å²) in [6.45, 7) is 3.46. The first-order chi connectivity index (χ1) is 13.7. The van der Waals surface area contributed by atoms with E-state index in [-0.39, 0.29) is 28.2 Å². The van der Waals surface area contributed by atoms with Crippen molar-refractivity contribution in [1.29, 1.82) is 0 Å². The van der Waals surface area contributed by atoms with E-state index in [1.165, 1.54) is 24.1 Å². The number of carbonyl (C=O) groups is 1. The van der Waals surface area contributed by atoms with Gasteiger partial charge in [-0.15, -0.1) is 0 Å². The highest BCUT2D eigenvalue weighted by Crippen LogP contribution is 2.29. The van der Waals surface area contributed by atoms with Gasteiger partial charge < -0.3 is 9.64 Å². The Balaban J connectivity index is 2.04. The molecule has 0 heterocycles. The van der Waals surface area contributed by atoms with Crippen molar-refractivity contribution in [2.24, 2.45) is 0 Å². The standard InChI is InChI=1S/C22H24N2O4S/c1-15(2)23-29(26,27)21-14-17(12-13-20(21)28-4)22(25)24(3)19-11-7-9-16-8-5-6-10-18(16)19/h5-15,23H,1-4H3. The molecule has 0 radical (unpaired) electrons. The number of ether oxygens (including phenoxy) is 1. The van der Waals surface area contributed by atoms with Gasteiger partial charge in [0.05, 0.1) is 12.8 Å². The summed E-state index contributed by atoms with van der Waals surface area (Å²) < 4.78 is 33.1. The van der Waals surface area contributed by atoms with Gasteiger partial charge in [0.2, 0.25) is 10.0 Å². The van der Waals surface area contributed by atoms with Crippen molar-refractivity contribution in [2.45, 2.75) is 24.8 Å². The van der Waals surface area contributed by atoms with Crippen LogP contribution in [0.4, 0.5) is 5.69 Å². The van der Waals surface area contributed by atoms with Crippen molar-refractivity contribution in [3.05, 3.63) is 66.2 Å². The van der Waals surface area contributed by atoms with Crippen LogP contribution in [0.5, 0.6) is 5.75 Å². The molecule has 0 aliphatic carbocycles. The van der Waals surface area contributed by atoms with Gasteiger partial charge in [0.1, 0.15) is 10.6 Å². The number of nitrogens with one attached hydrogen (secondary N) is 1. The molecule has 1 amide bonds. The summed E-state index contributed by atoms with van der Waals surface area (Å²) >= 11 is 0. The monoisotopic (exact) mass is 412 g/mol. The molecule has 0 saturated carbocycles. The lowest BCUT2D eigenvalue weighted by Gasteiger charge is -2.20. The molecule has 7 heteroatoms. The third-order valence-electron chi connectivity index (χ3n) is 4.52. The first-order valence-electron chi connectivity index (χ1n) is 9.21. The third kappa shape index (κ3) is 4.26. The molecule has 0 aliphatic heterocycles. The minimum atomic E-state index is -3.83. The Morgan fingerprint density at radius 1 is 1.03 bits per heavy atom. The third-order valence-corrected chi connectivity index (χ3v) is 6.20. The van der Waals surface area contributed by atoms with Crippen LogP contribution >= 0.6 is 0 Å². The first kappa shape index (κ1) is 20.8. The zero-order chi connectivity index (χ0) is 21.2.